The average molecular weight is 417 g/mol. The highest BCUT2D eigenvalue weighted by molar-refractivity contribution is 5.74. The molecule has 0 aromatic carbocycles. The summed E-state index contributed by atoms with van der Waals surface area (Å²) in [5.41, 5.74) is 1.12. The Morgan fingerprint density at radius 3 is 2.62 bits per heavy atom. The summed E-state index contributed by atoms with van der Waals surface area (Å²) in [6.07, 6.45) is 0.339. The fourth-order valence-electron chi connectivity index (χ4n) is 3.92. The fourth-order valence-corrected chi connectivity index (χ4v) is 3.92. The van der Waals surface area contributed by atoms with Crippen molar-refractivity contribution in [2.45, 2.75) is 32.0 Å². The van der Waals surface area contributed by atoms with Crippen LogP contribution in [0.15, 0.2) is 24.4 Å². The van der Waals surface area contributed by atoms with Crippen molar-refractivity contribution in [3.05, 3.63) is 30.1 Å². The molecule has 0 unspecified atom stereocenters. The first-order chi connectivity index (χ1) is 13.5. The number of nitrogens with zero attached hydrogens (tertiary/aromatic N) is 3. The van der Waals surface area contributed by atoms with Crippen molar-refractivity contribution in [1.82, 2.24) is 14.8 Å². The smallest absolute Gasteiger partial charge is 0.475 e. The van der Waals surface area contributed by atoms with Gasteiger partial charge in [-0.2, -0.15) is 13.2 Å². The predicted molar refractivity (Wildman–Crippen MR) is 98.0 cm³/mol. The molecule has 1 aromatic heterocycles. The highest BCUT2D eigenvalue weighted by Crippen LogP contribution is 2.49. The first-order valence-electron chi connectivity index (χ1n) is 9.29. The van der Waals surface area contributed by atoms with Crippen LogP contribution >= 0.6 is 0 Å². The number of aliphatic carboxylic acids is 1. The molecule has 2 aliphatic rings. The summed E-state index contributed by atoms with van der Waals surface area (Å²) in [5, 5.41) is 7.12. The van der Waals surface area contributed by atoms with Gasteiger partial charge in [-0.15, -0.1) is 0 Å². The van der Waals surface area contributed by atoms with Gasteiger partial charge in [0.25, 0.3) is 0 Å². The zero-order chi connectivity index (χ0) is 21.7. The number of amides is 2. The Morgan fingerprint density at radius 1 is 1.38 bits per heavy atom. The highest BCUT2D eigenvalue weighted by atomic mass is 19.4. The Bertz CT molecular complexity index is 700. The van der Waals surface area contributed by atoms with E-state index in [2.05, 4.69) is 4.98 Å². The molecule has 1 N–H and O–H groups in total. The molecule has 10 heteroatoms. The molecule has 2 fully saturated rings. The van der Waals surface area contributed by atoms with Gasteiger partial charge in [-0.25, -0.2) is 9.59 Å². The summed E-state index contributed by atoms with van der Waals surface area (Å²) < 4.78 is 37.7. The number of rotatable bonds is 4. The van der Waals surface area contributed by atoms with E-state index in [-0.39, 0.29) is 11.4 Å². The molecule has 1 saturated heterocycles. The molecular weight excluding hydrogens is 391 g/mol. The number of carboxylic acids is 1. The van der Waals surface area contributed by atoms with Crippen LogP contribution in [0.5, 0.6) is 0 Å². The van der Waals surface area contributed by atoms with Gasteiger partial charge in [-0.05, 0) is 30.9 Å². The Labute approximate surface area is 167 Å². The van der Waals surface area contributed by atoms with Crippen molar-refractivity contribution < 1.29 is 32.6 Å². The van der Waals surface area contributed by atoms with Crippen LogP contribution in [0.3, 0.4) is 0 Å². The first kappa shape index (κ1) is 22.9. The largest absolute Gasteiger partial charge is 0.490 e. The molecule has 0 spiro atoms. The number of likely N-dealkylation sites (tertiary alicyclic amines) is 1. The number of urea groups is 1. The number of pyridine rings is 1. The molecule has 2 amide bonds. The van der Waals surface area contributed by atoms with E-state index < -0.39 is 12.1 Å². The van der Waals surface area contributed by atoms with E-state index in [0.29, 0.717) is 12.5 Å². The maximum Gasteiger partial charge on any atom is 0.490 e. The highest BCUT2D eigenvalue weighted by Gasteiger charge is 2.51. The van der Waals surface area contributed by atoms with Gasteiger partial charge in [-0.3, -0.25) is 4.98 Å². The maximum absolute atomic E-state index is 12.2. The minimum Gasteiger partial charge on any atom is -0.475 e. The lowest BCUT2D eigenvalue weighted by Gasteiger charge is -2.29. The summed E-state index contributed by atoms with van der Waals surface area (Å²) in [7, 11) is 3.64. The number of carbonyl (C=O) groups excluding carboxylic acids is 1. The number of aromatic nitrogens is 1. The number of hydrogen-bond donors (Lipinski definition) is 1. The monoisotopic (exact) mass is 417 g/mol. The second-order valence-corrected chi connectivity index (χ2v) is 7.63. The SMILES string of the molecule is CN(C)C(=O)N1C[C@H]2CCC[C@@]2(COCc2ccccn2)C1.O=C(O)C(F)(F)F. The van der Waals surface area contributed by atoms with Crippen LogP contribution in [-0.2, 0) is 16.1 Å². The Kier molecular flexibility index (Phi) is 7.45. The Hall–Kier alpha value is -2.36. The topological polar surface area (TPSA) is 83.0 Å². The molecule has 0 radical (unpaired) electrons. The minimum absolute atomic E-state index is 0.124. The number of halogens is 3. The van der Waals surface area contributed by atoms with Crippen molar-refractivity contribution in [2.75, 3.05) is 33.8 Å². The summed E-state index contributed by atoms with van der Waals surface area (Å²) in [6.45, 7) is 2.99. The third kappa shape index (κ3) is 6.06. The van der Waals surface area contributed by atoms with Crippen LogP contribution in [0.25, 0.3) is 0 Å². The van der Waals surface area contributed by atoms with Gasteiger partial charge < -0.3 is 19.6 Å². The van der Waals surface area contributed by atoms with E-state index in [4.69, 9.17) is 14.6 Å². The standard InChI is InChI=1S/C17H25N3O2.C2HF3O2/c1-19(2)16(21)20-10-14-6-5-8-17(14,12-20)13-22-11-15-7-3-4-9-18-15;3-2(4,5)1(6)7/h3-4,7,9,14H,5-6,8,10-13H2,1-2H3;(H,6,7)/t14-,17+;/m1./s1. The Morgan fingerprint density at radius 2 is 2.07 bits per heavy atom. The molecule has 2 atom stereocenters. The van der Waals surface area contributed by atoms with Gasteiger partial charge in [0.15, 0.2) is 0 Å². The van der Waals surface area contributed by atoms with Crippen molar-refractivity contribution in [2.24, 2.45) is 11.3 Å². The first-order valence-corrected chi connectivity index (χ1v) is 9.29. The van der Waals surface area contributed by atoms with Gasteiger partial charge >= 0.3 is 18.2 Å². The van der Waals surface area contributed by atoms with Crippen LogP contribution in [0.4, 0.5) is 18.0 Å². The number of carbonyl (C=O) groups is 2. The van der Waals surface area contributed by atoms with Crippen molar-refractivity contribution in [3.8, 4) is 0 Å². The fraction of sp³-hybridized carbons (Fsp3) is 0.632. The molecule has 7 nitrogen and oxygen atoms in total. The van der Waals surface area contributed by atoms with E-state index in [1.165, 1.54) is 12.8 Å². The van der Waals surface area contributed by atoms with Gasteiger partial charge in [0.2, 0.25) is 0 Å². The molecule has 1 aromatic rings. The molecule has 3 rings (SSSR count). The summed E-state index contributed by atoms with van der Waals surface area (Å²) in [4.78, 5) is 29.1. The van der Waals surface area contributed by atoms with E-state index in [1.807, 2.05) is 37.2 Å². The lowest BCUT2D eigenvalue weighted by molar-refractivity contribution is -0.192. The van der Waals surface area contributed by atoms with Crippen LogP contribution in [0.2, 0.25) is 0 Å². The molecule has 29 heavy (non-hydrogen) atoms. The van der Waals surface area contributed by atoms with Crippen molar-refractivity contribution in [3.63, 3.8) is 0 Å². The quantitative estimate of drug-likeness (QED) is 0.814. The second-order valence-electron chi connectivity index (χ2n) is 7.63. The van der Waals surface area contributed by atoms with Crippen molar-refractivity contribution >= 4 is 12.0 Å². The van der Waals surface area contributed by atoms with Crippen LogP contribution in [0, 0.1) is 11.3 Å². The molecule has 0 bridgehead atoms. The van der Waals surface area contributed by atoms with E-state index in [1.54, 1.807) is 11.1 Å². The summed E-state index contributed by atoms with van der Waals surface area (Å²) in [5.74, 6) is -2.17. The number of hydrogen-bond acceptors (Lipinski definition) is 4. The number of carboxylic acid groups (broad SMARTS) is 1. The summed E-state index contributed by atoms with van der Waals surface area (Å²) in [6, 6.07) is 6.01. The zero-order valence-corrected chi connectivity index (χ0v) is 16.5. The van der Waals surface area contributed by atoms with E-state index in [9.17, 15) is 18.0 Å². The molecule has 1 aliphatic carbocycles. The number of alkyl halides is 3. The minimum atomic E-state index is -5.08. The number of ether oxygens (including phenoxy) is 1. The number of fused-ring (bicyclic) bond motifs is 1. The van der Waals surface area contributed by atoms with Gasteiger partial charge in [0.05, 0.1) is 18.9 Å². The maximum atomic E-state index is 12.2. The predicted octanol–water partition coefficient (Wildman–Crippen LogP) is 3.02. The zero-order valence-electron chi connectivity index (χ0n) is 16.5. The molecule has 162 valence electrons. The van der Waals surface area contributed by atoms with Crippen LogP contribution in [0.1, 0.15) is 25.0 Å². The van der Waals surface area contributed by atoms with Crippen LogP contribution in [-0.4, -0.2) is 71.9 Å². The Balaban J connectivity index is 0.000000370. The van der Waals surface area contributed by atoms with Gasteiger partial charge in [0, 0.05) is 38.8 Å². The second kappa shape index (κ2) is 9.43. The molecule has 1 aliphatic heterocycles. The third-order valence-electron chi connectivity index (χ3n) is 5.30. The summed E-state index contributed by atoms with van der Waals surface area (Å²) >= 11 is 0. The molecule has 1 saturated carbocycles. The van der Waals surface area contributed by atoms with Crippen LogP contribution < -0.4 is 0 Å². The molecule has 2 heterocycles. The van der Waals surface area contributed by atoms with E-state index in [0.717, 1.165) is 31.8 Å². The average Bonchev–Trinajstić information content (AvgIpc) is 3.18. The molecular formula is C19H26F3N3O4. The van der Waals surface area contributed by atoms with Gasteiger partial charge in [-0.1, -0.05) is 12.5 Å². The lowest BCUT2D eigenvalue weighted by Crippen LogP contribution is -2.40. The lowest BCUT2D eigenvalue weighted by atomic mass is 9.81. The normalized spacial score (nSPS) is 23.2. The van der Waals surface area contributed by atoms with Gasteiger partial charge in [0.1, 0.15) is 0 Å². The third-order valence-corrected chi connectivity index (χ3v) is 5.30. The van der Waals surface area contributed by atoms with E-state index >= 15 is 0 Å². The van der Waals surface area contributed by atoms with Crippen molar-refractivity contribution in [1.29, 1.82) is 0 Å².